The van der Waals surface area contributed by atoms with Crippen molar-refractivity contribution in [2.75, 3.05) is 13.1 Å². The molecule has 2 nitrogen and oxygen atoms in total. The van der Waals surface area contributed by atoms with Gasteiger partial charge in [0.2, 0.25) is 5.91 Å². The molecule has 2 heteroatoms. The second-order valence-corrected chi connectivity index (χ2v) is 4.68. The fourth-order valence-corrected chi connectivity index (χ4v) is 2.49. The number of hydrogen-bond acceptors (Lipinski definition) is 1. The van der Waals surface area contributed by atoms with E-state index >= 15 is 0 Å². The Hall–Kier alpha value is -0.530. The van der Waals surface area contributed by atoms with Gasteiger partial charge >= 0.3 is 0 Å². The lowest BCUT2D eigenvalue weighted by Crippen LogP contribution is -2.51. The summed E-state index contributed by atoms with van der Waals surface area (Å²) in [5, 5.41) is 0. The van der Waals surface area contributed by atoms with Gasteiger partial charge in [-0.3, -0.25) is 4.79 Å². The van der Waals surface area contributed by atoms with Crippen LogP contribution in [0.2, 0.25) is 0 Å². The van der Waals surface area contributed by atoms with E-state index in [-0.39, 0.29) is 0 Å². The van der Waals surface area contributed by atoms with E-state index in [2.05, 4.69) is 6.92 Å². The Labute approximate surface area is 80.3 Å². The first-order valence-corrected chi connectivity index (χ1v) is 5.56. The second-order valence-electron chi connectivity index (χ2n) is 4.68. The van der Waals surface area contributed by atoms with Crippen molar-refractivity contribution in [3.8, 4) is 0 Å². The molecule has 1 heterocycles. The second kappa shape index (κ2) is 3.69. The molecule has 1 aliphatic heterocycles. The highest BCUT2D eigenvalue weighted by atomic mass is 16.2. The predicted octanol–water partition coefficient (Wildman–Crippen LogP) is 2.04. The predicted molar refractivity (Wildman–Crippen MR) is 52.3 cm³/mol. The van der Waals surface area contributed by atoms with Crippen molar-refractivity contribution in [2.45, 2.75) is 39.0 Å². The first kappa shape index (κ1) is 9.04. The smallest absolute Gasteiger partial charge is 0.225 e. The van der Waals surface area contributed by atoms with Gasteiger partial charge in [0.1, 0.15) is 0 Å². The molecular formula is C11H19NO. The van der Waals surface area contributed by atoms with Crippen LogP contribution in [0.4, 0.5) is 0 Å². The summed E-state index contributed by atoms with van der Waals surface area (Å²) in [4.78, 5) is 13.9. The lowest BCUT2D eigenvalue weighted by Gasteiger charge is -2.40. The van der Waals surface area contributed by atoms with Gasteiger partial charge in [-0.2, -0.15) is 0 Å². The highest BCUT2D eigenvalue weighted by Crippen LogP contribution is 2.27. The summed E-state index contributed by atoms with van der Waals surface area (Å²) >= 11 is 0. The molecule has 0 aromatic heterocycles. The molecule has 0 aromatic carbocycles. The highest BCUT2D eigenvalue weighted by Gasteiger charge is 2.32. The SMILES string of the molecule is CC1CN(C(=O)C2CCCCC2)C1. The van der Waals surface area contributed by atoms with Crippen molar-refractivity contribution in [3.05, 3.63) is 0 Å². The van der Waals surface area contributed by atoms with Crippen molar-refractivity contribution >= 4 is 5.91 Å². The Morgan fingerprint density at radius 2 is 1.77 bits per heavy atom. The van der Waals surface area contributed by atoms with Crippen molar-refractivity contribution in [2.24, 2.45) is 11.8 Å². The van der Waals surface area contributed by atoms with Crippen LogP contribution < -0.4 is 0 Å². The summed E-state index contributed by atoms with van der Waals surface area (Å²) in [6, 6.07) is 0. The molecule has 0 aromatic rings. The van der Waals surface area contributed by atoms with E-state index in [0.717, 1.165) is 31.8 Å². The van der Waals surface area contributed by atoms with Crippen molar-refractivity contribution in [1.82, 2.24) is 4.90 Å². The van der Waals surface area contributed by atoms with Gasteiger partial charge in [-0.05, 0) is 18.8 Å². The summed E-state index contributed by atoms with van der Waals surface area (Å²) in [7, 11) is 0. The van der Waals surface area contributed by atoms with E-state index < -0.39 is 0 Å². The number of hydrogen-bond donors (Lipinski definition) is 0. The molecule has 2 aliphatic rings. The standard InChI is InChI=1S/C11H19NO/c1-9-7-12(8-9)11(13)10-5-3-2-4-6-10/h9-10H,2-8H2,1H3. The number of carbonyl (C=O) groups is 1. The van der Waals surface area contributed by atoms with Crippen molar-refractivity contribution in [1.29, 1.82) is 0 Å². The minimum atomic E-state index is 0.376. The minimum absolute atomic E-state index is 0.376. The van der Waals surface area contributed by atoms with Crippen LogP contribution in [0.3, 0.4) is 0 Å². The van der Waals surface area contributed by atoms with Crippen LogP contribution in [0.5, 0.6) is 0 Å². The van der Waals surface area contributed by atoms with Gasteiger partial charge in [0.15, 0.2) is 0 Å². The Kier molecular flexibility index (Phi) is 2.56. The zero-order chi connectivity index (χ0) is 9.26. The Bertz CT molecular complexity index is 190. The third-order valence-corrected chi connectivity index (χ3v) is 3.33. The molecule has 0 unspecified atom stereocenters. The monoisotopic (exact) mass is 181 g/mol. The molecule has 0 bridgehead atoms. The van der Waals surface area contributed by atoms with Crippen LogP contribution >= 0.6 is 0 Å². The summed E-state index contributed by atoms with van der Waals surface area (Å²) in [5.74, 6) is 1.56. The molecule has 0 atom stereocenters. The van der Waals surface area contributed by atoms with Crippen LogP contribution in [0.15, 0.2) is 0 Å². The van der Waals surface area contributed by atoms with Crippen LogP contribution in [0.1, 0.15) is 39.0 Å². The number of likely N-dealkylation sites (tertiary alicyclic amines) is 1. The van der Waals surface area contributed by atoms with Crippen LogP contribution in [0.25, 0.3) is 0 Å². The average Bonchev–Trinajstić information content (AvgIpc) is 2.13. The van der Waals surface area contributed by atoms with Crippen molar-refractivity contribution < 1.29 is 4.79 Å². The number of nitrogens with zero attached hydrogens (tertiary/aromatic N) is 1. The van der Waals surface area contributed by atoms with Gasteiger partial charge in [0.25, 0.3) is 0 Å². The van der Waals surface area contributed by atoms with E-state index in [1.165, 1.54) is 19.3 Å². The zero-order valence-corrected chi connectivity index (χ0v) is 8.46. The molecule has 2 fully saturated rings. The van der Waals surface area contributed by atoms with Gasteiger partial charge in [-0.25, -0.2) is 0 Å². The number of rotatable bonds is 1. The summed E-state index contributed by atoms with van der Waals surface area (Å²) in [5.41, 5.74) is 0. The normalized spacial score (nSPS) is 25.8. The molecule has 1 aliphatic carbocycles. The highest BCUT2D eigenvalue weighted by molar-refractivity contribution is 5.79. The largest absolute Gasteiger partial charge is 0.342 e. The molecule has 0 spiro atoms. The average molecular weight is 181 g/mol. The van der Waals surface area contributed by atoms with E-state index in [0.29, 0.717) is 11.8 Å². The Morgan fingerprint density at radius 1 is 1.15 bits per heavy atom. The topological polar surface area (TPSA) is 20.3 Å². The number of amides is 1. The molecule has 1 saturated carbocycles. The molecule has 74 valence electrons. The van der Waals surface area contributed by atoms with Crippen LogP contribution in [-0.4, -0.2) is 23.9 Å². The molecule has 1 amide bonds. The van der Waals surface area contributed by atoms with Crippen LogP contribution in [0, 0.1) is 11.8 Å². The maximum absolute atomic E-state index is 11.9. The van der Waals surface area contributed by atoms with Gasteiger partial charge in [0.05, 0.1) is 0 Å². The Balaban J connectivity index is 1.82. The first-order valence-electron chi connectivity index (χ1n) is 5.56. The molecule has 0 radical (unpaired) electrons. The van der Waals surface area contributed by atoms with Gasteiger partial charge in [-0.1, -0.05) is 26.2 Å². The lowest BCUT2D eigenvalue weighted by atomic mass is 9.87. The maximum atomic E-state index is 11.9. The lowest BCUT2D eigenvalue weighted by molar-refractivity contribution is -0.142. The van der Waals surface area contributed by atoms with E-state index in [1.807, 2.05) is 4.90 Å². The fourth-order valence-electron chi connectivity index (χ4n) is 2.49. The van der Waals surface area contributed by atoms with E-state index in [1.54, 1.807) is 0 Å². The maximum Gasteiger partial charge on any atom is 0.225 e. The molecule has 1 saturated heterocycles. The van der Waals surface area contributed by atoms with Gasteiger partial charge in [-0.15, -0.1) is 0 Å². The molecule has 13 heavy (non-hydrogen) atoms. The summed E-state index contributed by atoms with van der Waals surface area (Å²) in [6.07, 6.45) is 6.15. The summed E-state index contributed by atoms with van der Waals surface area (Å²) in [6.45, 7) is 4.23. The van der Waals surface area contributed by atoms with Crippen molar-refractivity contribution in [3.63, 3.8) is 0 Å². The fraction of sp³-hybridized carbons (Fsp3) is 0.909. The summed E-state index contributed by atoms with van der Waals surface area (Å²) < 4.78 is 0. The third kappa shape index (κ3) is 1.87. The Morgan fingerprint density at radius 3 is 2.31 bits per heavy atom. The quantitative estimate of drug-likeness (QED) is 0.606. The van der Waals surface area contributed by atoms with Gasteiger partial charge in [0, 0.05) is 19.0 Å². The number of carbonyl (C=O) groups excluding carboxylic acids is 1. The molecule has 0 N–H and O–H groups in total. The molecule has 2 rings (SSSR count). The third-order valence-electron chi connectivity index (χ3n) is 3.33. The van der Waals surface area contributed by atoms with E-state index in [4.69, 9.17) is 0 Å². The molecular weight excluding hydrogens is 162 g/mol. The zero-order valence-electron chi connectivity index (χ0n) is 8.46. The van der Waals surface area contributed by atoms with E-state index in [9.17, 15) is 4.79 Å². The minimum Gasteiger partial charge on any atom is -0.342 e. The van der Waals surface area contributed by atoms with Gasteiger partial charge < -0.3 is 4.90 Å². The van der Waals surface area contributed by atoms with Crippen LogP contribution in [-0.2, 0) is 4.79 Å². The first-order chi connectivity index (χ1) is 6.27.